The van der Waals surface area contributed by atoms with Crippen molar-refractivity contribution in [3.05, 3.63) is 43.2 Å². The second kappa shape index (κ2) is 7.78. The lowest BCUT2D eigenvalue weighted by Crippen LogP contribution is -2.24. The summed E-state index contributed by atoms with van der Waals surface area (Å²) in [7, 11) is 0. The molecule has 4 aromatic rings. The van der Waals surface area contributed by atoms with E-state index in [1.807, 2.05) is 53.9 Å². The SMILES string of the molecule is CC[C@H](C1CC1)n1cc(-c2nc(-c3cnn(C[C@@H]4COC(C)(C)O4)c3)cn3nccc23)cn1. The molecule has 33 heavy (non-hydrogen) atoms. The molecule has 6 rings (SSSR count). The number of hydrogen-bond donors (Lipinski definition) is 0. The average molecular weight is 448 g/mol. The molecule has 2 atom stereocenters. The maximum Gasteiger partial charge on any atom is 0.163 e. The van der Waals surface area contributed by atoms with Gasteiger partial charge in [0.15, 0.2) is 5.79 Å². The number of hydrogen-bond acceptors (Lipinski definition) is 6. The molecule has 0 radical (unpaired) electrons. The summed E-state index contributed by atoms with van der Waals surface area (Å²) in [6.45, 7) is 7.30. The van der Waals surface area contributed by atoms with E-state index in [-0.39, 0.29) is 6.10 Å². The second-order valence-electron chi connectivity index (χ2n) is 9.56. The van der Waals surface area contributed by atoms with Crippen LogP contribution in [0.4, 0.5) is 0 Å². The highest BCUT2D eigenvalue weighted by Crippen LogP contribution is 2.41. The Bertz CT molecular complexity index is 1280. The Morgan fingerprint density at radius 3 is 2.70 bits per heavy atom. The molecule has 1 aliphatic heterocycles. The largest absolute Gasteiger partial charge is 0.348 e. The standard InChI is InChI=1S/C24H29N7O2/c1-4-21(16-5-6-16)30-12-18(10-27-30)23-22-7-8-25-31(22)14-20(28-23)17-9-26-29(11-17)13-19-15-32-24(2,3)33-19/h7-12,14,16,19,21H,4-6,13,15H2,1-3H3/t19-,21-/m1/s1. The molecule has 1 aliphatic carbocycles. The van der Waals surface area contributed by atoms with Crippen molar-refractivity contribution in [3.63, 3.8) is 0 Å². The number of ether oxygens (including phenoxy) is 2. The fraction of sp³-hybridized carbons (Fsp3) is 0.500. The van der Waals surface area contributed by atoms with Gasteiger partial charge in [0.05, 0.1) is 60.9 Å². The zero-order valence-electron chi connectivity index (χ0n) is 19.3. The van der Waals surface area contributed by atoms with Crippen molar-refractivity contribution in [2.24, 2.45) is 5.92 Å². The Hall–Kier alpha value is -3.04. The Kier molecular flexibility index (Phi) is 4.84. The van der Waals surface area contributed by atoms with E-state index in [9.17, 15) is 0 Å². The molecule has 2 aliphatic rings. The van der Waals surface area contributed by atoms with Crippen LogP contribution < -0.4 is 0 Å². The van der Waals surface area contributed by atoms with Gasteiger partial charge >= 0.3 is 0 Å². The van der Waals surface area contributed by atoms with Gasteiger partial charge in [-0.2, -0.15) is 15.3 Å². The van der Waals surface area contributed by atoms with Crippen LogP contribution in [0.5, 0.6) is 0 Å². The smallest absolute Gasteiger partial charge is 0.163 e. The van der Waals surface area contributed by atoms with Crippen LogP contribution in [0.15, 0.2) is 43.2 Å². The highest BCUT2D eigenvalue weighted by atomic mass is 16.7. The summed E-state index contributed by atoms with van der Waals surface area (Å²) in [4.78, 5) is 5.02. The van der Waals surface area contributed by atoms with Crippen molar-refractivity contribution in [1.82, 2.24) is 34.2 Å². The Morgan fingerprint density at radius 1 is 1.09 bits per heavy atom. The van der Waals surface area contributed by atoms with Gasteiger partial charge < -0.3 is 9.47 Å². The third-order valence-electron chi connectivity index (χ3n) is 6.58. The molecular formula is C24H29N7O2. The van der Waals surface area contributed by atoms with Gasteiger partial charge in [-0.25, -0.2) is 9.50 Å². The summed E-state index contributed by atoms with van der Waals surface area (Å²) < 4.78 is 17.5. The van der Waals surface area contributed by atoms with Crippen LogP contribution in [0.2, 0.25) is 0 Å². The van der Waals surface area contributed by atoms with Crippen molar-refractivity contribution in [2.75, 3.05) is 6.61 Å². The fourth-order valence-electron chi connectivity index (χ4n) is 4.80. The Morgan fingerprint density at radius 2 is 1.94 bits per heavy atom. The van der Waals surface area contributed by atoms with Crippen molar-refractivity contribution in [1.29, 1.82) is 0 Å². The first-order chi connectivity index (χ1) is 16.0. The van der Waals surface area contributed by atoms with Crippen LogP contribution in [0.3, 0.4) is 0 Å². The lowest BCUT2D eigenvalue weighted by atomic mass is 10.1. The highest BCUT2D eigenvalue weighted by molar-refractivity contribution is 5.78. The molecule has 172 valence electrons. The highest BCUT2D eigenvalue weighted by Gasteiger charge is 2.33. The maximum absolute atomic E-state index is 5.92. The molecule has 1 saturated carbocycles. The minimum atomic E-state index is -0.539. The minimum absolute atomic E-state index is 0.0197. The summed E-state index contributed by atoms with van der Waals surface area (Å²) in [5, 5.41) is 13.7. The zero-order valence-corrected chi connectivity index (χ0v) is 19.3. The number of fused-ring (bicyclic) bond motifs is 1. The van der Waals surface area contributed by atoms with E-state index in [1.165, 1.54) is 12.8 Å². The predicted molar refractivity (Wildman–Crippen MR) is 122 cm³/mol. The summed E-state index contributed by atoms with van der Waals surface area (Å²) in [6.07, 6.45) is 15.3. The summed E-state index contributed by atoms with van der Waals surface area (Å²) in [5.74, 6) is 0.214. The van der Waals surface area contributed by atoms with Crippen molar-refractivity contribution < 1.29 is 9.47 Å². The molecule has 4 aromatic heterocycles. The first-order valence-corrected chi connectivity index (χ1v) is 11.7. The molecular weight excluding hydrogens is 418 g/mol. The van der Waals surface area contributed by atoms with Gasteiger partial charge in [0, 0.05) is 23.5 Å². The topological polar surface area (TPSA) is 84.3 Å². The molecule has 2 fully saturated rings. The lowest BCUT2D eigenvalue weighted by Gasteiger charge is -2.16. The zero-order chi connectivity index (χ0) is 22.6. The van der Waals surface area contributed by atoms with Crippen molar-refractivity contribution >= 4 is 5.52 Å². The maximum atomic E-state index is 5.92. The molecule has 0 amide bonds. The van der Waals surface area contributed by atoms with Gasteiger partial charge in [-0.1, -0.05) is 6.92 Å². The van der Waals surface area contributed by atoms with E-state index in [1.54, 1.807) is 6.20 Å². The van der Waals surface area contributed by atoms with Crippen LogP contribution >= 0.6 is 0 Å². The normalized spacial score (nSPS) is 21.1. The number of nitrogens with zero attached hydrogens (tertiary/aromatic N) is 7. The molecule has 0 aromatic carbocycles. The van der Waals surface area contributed by atoms with Gasteiger partial charge in [0.25, 0.3) is 0 Å². The lowest BCUT2D eigenvalue weighted by molar-refractivity contribution is -0.139. The first kappa shape index (κ1) is 20.6. The predicted octanol–water partition coefficient (Wildman–Crippen LogP) is 3.97. The third kappa shape index (κ3) is 3.95. The number of rotatable bonds is 7. The van der Waals surface area contributed by atoms with Gasteiger partial charge in [0.1, 0.15) is 6.10 Å². The summed E-state index contributed by atoms with van der Waals surface area (Å²) in [6, 6.07) is 2.46. The summed E-state index contributed by atoms with van der Waals surface area (Å²) >= 11 is 0. The Labute approximate surface area is 192 Å². The molecule has 0 unspecified atom stereocenters. The van der Waals surface area contributed by atoms with Crippen LogP contribution in [0.25, 0.3) is 28.0 Å². The molecule has 0 spiro atoms. The molecule has 9 heteroatoms. The van der Waals surface area contributed by atoms with E-state index >= 15 is 0 Å². The van der Waals surface area contributed by atoms with Crippen molar-refractivity contribution in [2.45, 2.75) is 64.5 Å². The Balaban J connectivity index is 1.31. The van der Waals surface area contributed by atoms with E-state index in [0.29, 0.717) is 19.2 Å². The molecule has 5 heterocycles. The van der Waals surface area contributed by atoms with E-state index in [4.69, 9.17) is 19.6 Å². The molecule has 1 saturated heterocycles. The quantitative estimate of drug-likeness (QED) is 0.426. The van der Waals surface area contributed by atoms with Gasteiger partial charge in [0.2, 0.25) is 0 Å². The van der Waals surface area contributed by atoms with Gasteiger partial charge in [-0.15, -0.1) is 0 Å². The van der Waals surface area contributed by atoms with Gasteiger partial charge in [-0.05, 0) is 45.1 Å². The van der Waals surface area contributed by atoms with Crippen LogP contribution in [-0.4, -0.2) is 52.7 Å². The van der Waals surface area contributed by atoms with Crippen LogP contribution in [0, 0.1) is 5.92 Å². The number of aromatic nitrogens is 7. The van der Waals surface area contributed by atoms with E-state index < -0.39 is 5.79 Å². The molecule has 0 bridgehead atoms. The second-order valence-corrected chi connectivity index (χ2v) is 9.56. The van der Waals surface area contributed by atoms with Gasteiger partial charge in [-0.3, -0.25) is 9.36 Å². The van der Waals surface area contributed by atoms with E-state index in [2.05, 4.69) is 28.0 Å². The van der Waals surface area contributed by atoms with Crippen molar-refractivity contribution in [3.8, 4) is 22.5 Å². The summed E-state index contributed by atoms with van der Waals surface area (Å²) in [5.41, 5.74) is 4.60. The molecule has 0 N–H and O–H groups in total. The minimum Gasteiger partial charge on any atom is -0.348 e. The monoisotopic (exact) mass is 447 g/mol. The first-order valence-electron chi connectivity index (χ1n) is 11.7. The average Bonchev–Trinajstić information content (AvgIpc) is 3.20. The van der Waals surface area contributed by atoms with Crippen LogP contribution in [-0.2, 0) is 16.0 Å². The molecule has 9 nitrogen and oxygen atoms in total. The van der Waals surface area contributed by atoms with Crippen LogP contribution in [0.1, 0.15) is 46.1 Å². The fourth-order valence-corrected chi connectivity index (χ4v) is 4.80. The van der Waals surface area contributed by atoms with E-state index in [0.717, 1.165) is 40.4 Å². The third-order valence-corrected chi connectivity index (χ3v) is 6.58.